The molecule has 1 fully saturated rings. The van der Waals surface area contributed by atoms with Crippen LogP contribution in [0.25, 0.3) is 0 Å². The van der Waals surface area contributed by atoms with Gasteiger partial charge in [-0.1, -0.05) is 48.1 Å². The third-order valence-electron chi connectivity index (χ3n) is 4.93. The number of carbonyl (C=O) groups excluding carboxylic acids is 1. The van der Waals surface area contributed by atoms with Gasteiger partial charge in [-0.05, 0) is 49.4 Å². The van der Waals surface area contributed by atoms with E-state index < -0.39 is 11.7 Å². The van der Waals surface area contributed by atoms with Crippen LogP contribution in [0, 0.1) is 5.82 Å². The molecule has 0 spiro atoms. The van der Waals surface area contributed by atoms with Crippen molar-refractivity contribution in [2.24, 2.45) is 0 Å². The lowest BCUT2D eigenvalue weighted by Crippen LogP contribution is -2.20. The van der Waals surface area contributed by atoms with Crippen LogP contribution < -0.4 is 10.1 Å². The summed E-state index contributed by atoms with van der Waals surface area (Å²) in [6, 6.07) is 14.2. The van der Waals surface area contributed by atoms with Gasteiger partial charge in [-0.15, -0.1) is 10.2 Å². The zero-order valence-electron chi connectivity index (χ0n) is 15.9. The highest BCUT2D eigenvalue weighted by Gasteiger charge is 2.18. The van der Waals surface area contributed by atoms with Crippen LogP contribution in [0.3, 0.4) is 0 Å². The van der Waals surface area contributed by atoms with Gasteiger partial charge in [0, 0.05) is 12.0 Å². The number of aromatic nitrogens is 2. The molecule has 150 valence electrons. The van der Waals surface area contributed by atoms with Crippen molar-refractivity contribution in [1.29, 1.82) is 0 Å². The van der Waals surface area contributed by atoms with E-state index in [2.05, 4.69) is 15.5 Å². The fourth-order valence-electron chi connectivity index (χ4n) is 3.42. The van der Waals surface area contributed by atoms with Crippen LogP contribution in [0.15, 0.2) is 48.5 Å². The topological polar surface area (TPSA) is 64.1 Å². The molecule has 1 amide bonds. The minimum atomic E-state index is -0.523. The number of nitrogens with zero attached hydrogens (tertiary/aromatic N) is 2. The normalized spacial score (nSPS) is 14.5. The van der Waals surface area contributed by atoms with E-state index in [1.165, 1.54) is 29.9 Å². The molecule has 0 unspecified atom stereocenters. The van der Waals surface area contributed by atoms with Crippen molar-refractivity contribution < 1.29 is 13.9 Å². The number of amides is 1. The monoisotopic (exact) mass is 411 g/mol. The van der Waals surface area contributed by atoms with E-state index >= 15 is 0 Å². The van der Waals surface area contributed by atoms with E-state index in [-0.39, 0.29) is 17.4 Å². The Morgan fingerprint density at radius 3 is 2.66 bits per heavy atom. The van der Waals surface area contributed by atoms with Gasteiger partial charge < -0.3 is 4.74 Å². The van der Waals surface area contributed by atoms with Gasteiger partial charge in [0.05, 0.1) is 6.10 Å². The van der Waals surface area contributed by atoms with Crippen LogP contribution in [-0.4, -0.2) is 22.2 Å². The van der Waals surface area contributed by atoms with E-state index in [1.807, 2.05) is 30.3 Å². The van der Waals surface area contributed by atoms with Crippen LogP contribution in [0.2, 0.25) is 0 Å². The van der Waals surface area contributed by atoms with Crippen molar-refractivity contribution in [3.63, 3.8) is 0 Å². The summed E-state index contributed by atoms with van der Waals surface area (Å²) in [4.78, 5) is 12.5. The van der Waals surface area contributed by atoms with Crippen molar-refractivity contribution in [3.05, 3.63) is 70.5 Å². The quantitative estimate of drug-likeness (QED) is 0.603. The number of halogens is 1. The molecule has 1 aliphatic rings. The molecule has 1 N–H and O–H groups in total. The second-order valence-electron chi connectivity index (χ2n) is 7.14. The summed E-state index contributed by atoms with van der Waals surface area (Å²) >= 11 is 1.31. The molecular formula is C22H22FN3O2S. The number of hydrogen-bond acceptors (Lipinski definition) is 5. The number of ether oxygens (including phenoxy) is 1. The molecule has 1 heterocycles. The summed E-state index contributed by atoms with van der Waals surface area (Å²) in [5.41, 5.74) is 1.34. The molecular weight excluding hydrogens is 389 g/mol. The van der Waals surface area contributed by atoms with Gasteiger partial charge in [0.2, 0.25) is 5.13 Å². The first kappa shape index (κ1) is 19.5. The Hall–Kier alpha value is -2.80. The average molecular weight is 412 g/mol. The number of anilines is 1. The van der Waals surface area contributed by atoms with Crippen LogP contribution in [0.4, 0.5) is 9.52 Å². The van der Waals surface area contributed by atoms with Gasteiger partial charge in [0.1, 0.15) is 5.01 Å². The number of hydrogen-bond donors (Lipinski definition) is 1. The highest BCUT2D eigenvalue weighted by Crippen LogP contribution is 2.26. The summed E-state index contributed by atoms with van der Waals surface area (Å²) in [6.07, 6.45) is 6.04. The summed E-state index contributed by atoms with van der Waals surface area (Å²) in [5, 5.41) is 12.0. The second kappa shape index (κ2) is 9.13. The molecule has 7 heteroatoms. The van der Waals surface area contributed by atoms with Crippen molar-refractivity contribution in [1.82, 2.24) is 10.2 Å². The highest BCUT2D eigenvalue weighted by atomic mass is 32.1. The number of benzene rings is 2. The number of rotatable bonds is 6. The zero-order chi connectivity index (χ0) is 20.1. The first-order chi connectivity index (χ1) is 14.2. The standard InChI is InChI=1S/C22H22FN3O2S/c23-18-14-16(11-12-19(18)28-17-9-5-2-6-10-17)21(27)24-22-26-25-20(29-22)13-15-7-3-1-4-8-15/h1,3-4,7-8,11-12,14,17H,2,5-6,9-10,13H2,(H,24,26,27). The summed E-state index contributed by atoms with van der Waals surface area (Å²) in [5.74, 6) is -0.740. The molecule has 5 nitrogen and oxygen atoms in total. The second-order valence-corrected chi connectivity index (χ2v) is 8.20. The Bertz CT molecular complexity index is 971. The Labute approximate surface area is 172 Å². The van der Waals surface area contributed by atoms with Crippen molar-refractivity contribution in [2.75, 3.05) is 5.32 Å². The Balaban J connectivity index is 1.37. The van der Waals surface area contributed by atoms with Crippen molar-refractivity contribution in [2.45, 2.75) is 44.6 Å². The smallest absolute Gasteiger partial charge is 0.257 e. The molecule has 0 atom stereocenters. The van der Waals surface area contributed by atoms with E-state index in [0.717, 1.165) is 36.3 Å². The molecule has 0 aliphatic heterocycles. The van der Waals surface area contributed by atoms with Crippen LogP contribution in [0.5, 0.6) is 5.75 Å². The number of carbonyl (C=O) groups is 1. The molecule has 3 aromatic rings. The van der Waals surface area contributed by atoms with Crippen molar-refractivity contribution in [3.8, 4) is 5.75 Å². The molecule has 4 rings (SSSR count). The lowest BCUT2D eigenvalue weighted by molar-refractivity contribution is 0.102. The van der Waals surface area contributed by atoms with Crippen molar-refractivity contribution >= 4 is 22.4 Å². The Kier molecular flexibility index (Phi) is 6.14. The third-order valence-corrected chi connectivity index (χ3v) is 5.76. The van der Waals surface area contributed by atoms with Crippen LogP contribution in [0.1, 0.15) is 53.0 Å². The van der Waals surface area contributed by atoms with Gasteiger partial charge in [-0.25, -0.2) is 4.39 Å². The SMILES string of the molecule is O=C(Nc1nnc(Cc2ccccc2)s1)c1ccc(OC2CCCCC2)c(F)c1. The van der Waals surface area contributed by atoms with Crippen LogP contribution in [-0.2, 0) is 6.42 Å². The molecule has 0 bridgehead atoms. The van der Waals surface area contributed by atoms with E-state index in [0.29, 0.717) is 11.6 Å². The van der Waals surface area contributed by atoms with E-state index in [1.54, 1.807) is 6.07 Å². The van der Waals surface area contributed by atoms with Gasteiger partial charge in [0.15, 0.2) is 11.6 Å². The van der Waals surface area contributed by atoms with Gasteiger partial charge in [-0.2, -0.15) is 0 Å². The van der Waals surface area contributed by atoms with E-state index in [4.69, 9.17) is 4.74 Å². The largest absolute Gasteiger partial charge is 0.487 e. The van der Waals surface area contributed by atoms with Gasteiger partial charge >= 0.3 is 0 Å². The molecule has 29 heavy (non-hydrogen) atoms. The Morgan fingerprint density at radius 1 is 1.10 bits per heavy atom. The summed E-state index contributed by atoms with van der Waals surface area (Å²) in [6.45, 7) is 0. The highest BCUT2D eigenvalue weighted by molar-refractivity contribution is 7.15. The van der Waals surface area contributed by atoms with E-state index in [9.17, 15) is 9.18 Å². The maximum atomic E-state index is 14.4. The molecule has 1 aliphatic carbocycles. The Morgan fingerprint density at radius 2 is 1.90 bits per heavy atom. The third kappa shape index (κ3) is 5.17. The lowest BCUT2D eigenvalue weighted by atomic mass is 9.98. The molecule has 2 aromatic carbocycles. The maximum Gasteiger partial charge on any atom is 0.257 e. The first-order valence-electron chi connectivity index (χ1n) is 9.81. The van der Waals surface area contributed by atoms with Crippen LogP contribution >= 0.6 is 11.3 Å². The van der Waals surface area contributed by atoms with Gasteiger partial charge in [-0.3, -0.25) is 10.1 Å². The predicted octanol–water partition coefficient (Wildman–Crippen LogP) is 5.23. The number of nitrogens with one attached hydrogen (secondary N) is 1. The average Bonchev–Trinajstić information content (AvgIpc) is 3.17. The fourth-order valence-corrected chi connectivity index (χ4v) is 4.18. The first-order valence-corrected chi connectivity index (χ1v) is 10.6. The minimum absolute atomic E-state index is 0.0577. The molecule has 0 saturated heterocycles. The fraction of sp³-hybridized carbons (Fsp3) is 0.318. The zero-order valence-corrected chi connectivity index (χ0v) is 16.8. The summed E-state index contributed by atoms with van der Waals surface area (Å²) in [7, 11) is 0. The molecule has 0 radical (unpaired) electrons. The lowest BCUT2D eigenvalue weighted by Gasteiger charge is -2.23. The minimum Gasteiger partial charge on any atom is -0.487 e. The predicted molar refractivity (Wildman–Crippen MR) is 111 cm³/mol. The summed E-state index contributed by atoms with van der Waals surface area (Å²) < 4.78 is 20.2. The molecule has 1 saturated carbocycles. The molecule has 1 aromatic heterocycles. The van der Waals surface area contributed by atoms with Gasteiger partial charge in [0.25, 0.3) is 5.91 Å². The maximum absolute atomic E-state index is 14.4.